The normalized spacial score (nSPS) is 27.3. The quantitative estimate of drug-likeness (QED) is 0.115. The molecule has 2 aliphatic rings. The van der Waals surface area contributed by atoms with Crippen molar-refractivity contribution in [1.82, 2.24) is 0 Å². The lowest BCUT2D eigenvalue weighted by molar-refractivity contribution is -0.169. The van der Waals surface area contributed by atoms with Crippen LogP contribution >= 0.6 is 0 Å². The standard InChI is InChI=1S/C39H61NO6.C2H6.CH4.2B/c1-10-14-23-44-34(42)38(8)22-21-31-17-15-30(16-18-31)19-20-32(37(7,12-3)28-40)26-29(5)39(9,13-4)35(43)46-25-24-45-33(41)36(6,11-2)27-38;1-2;;;/h15-18,29,32H,10-14,19-27H2,1-9H3;1-2H3;1H4;;. The number of benzene rings is 1. The number of carbonyl (C=O) groups excluding carboxylic acids is 3. The van der Waals surface area contributed by atoms with Crippen LogP contribution < -0.4 is 0 Å². The predicted molar refractivity (Wildman–Crippen MR) is 211 cm³/mol. The van der Waals surface area contributed by atoms with E-state index in [0.29, 0.717) is 38.7 Å². The molecule has 0 N–H and O–H groups in total. The lowest BCUT2D eigenvalue weighted by atomic mass is 9.65. The summed E-state index contributed by atoms with van der Waals surface area (Å²) >= 11 is 0. The average molecular weight is 708 g/mol. The third-order valence-corrected chi connectivity index (χ3v) is 11.4. The summed E-state index contributed by atoms with van der Waals surface area (Å²) in [5, 5.41) is 10.2. The van der Waals surface area contributed by atoms with Crippen LogP contribution in [0.1, 0.15) is 153 Å². The van der Waals surface area contributed by atoms with Gasteiger partial charge in [0.15, 0.2) is 0 Å². The highest BCUT2D eigenvalue weighted by molar-refractivity contribution is 5.81. The molecule has 0 spiro atoms. The number of unbranched alkanes of at least 4 members (excludes halogenated alkanes) is 1. The van der Waals surface area contributed by atoms with Gasteiger partial charge in [-0.05, 0) is 115 Å². The molecular formula is C42H71B2NO6. The van der Waals surface area contributed by atoms with E-state index in [4.69, 9.17) is 14.2 Å². The van der Waals surface area contributed by atoms with Gasteiger partial charge in [-0.2, -0.15) is 5.26 Å². The molecule has 286 valence electrons. The van der Waals surface area contributed by atoms with Gasteiger partial charge in [-0.15, -0.1) is 0 Å². The van der Waals surface area contributed by atoms with Gasteiger partial charge in [-0.3, -0.25) is 14.4 Å². The van der Waals surface area contributed by atoms with Crippen molar-refractivity contribution >= 4 is 34.7 Å². The first-order valence-electron chi connectivity index (χ1n) is 18.7. The molecule has 0 amide bonds. The molecule has 7 nitrogen and oxygen atoms in total. The minimum Gasteiger partial charge on any atom is -0.465 e. The number of nitrogens with zero attached hydrogens (tertiary/aromatic N) is 1. The molecule has 51 heavy (non-hydrogen) atoms. The maximum atomic E-state index is 13.5. The van der Waals surface area contributed by atoms with Gasteiger partial charge in [-0.1, -0.05) is 86.6 Å². The summed E-state index contributed by atoms with van der Waals surface area (Å²) in [6, 6.07) is 11.1. The third-order valence-electron chi connectivity index (χ3n) is 11.4. The van der Waals surface area contributed by atoms with E-state index < -0.39 is 27.6 Å². The first-order chi connectivity index (χ1) is 22.7. The predicted octanol–water partition coefficient (Wildman–Crippen LogP) is 9.71. The van der Waals surface area contributed by atoms with Crippen LogP contribution in [0.25, 0.3) is 0 Å². The first kappa shape index (κ1) is 52.6. The molecule has 6 radical (unpaired) electrons. The van der Waals surface area contributed by atoms with Crippen molar-refractivity contribution in [2.75, 3.05) is 19.8 Å². The first-order valence-corrected chi connectivity index (χ1v) is 18.7. The van der Waals surface area contributed by atoms with Gasteiger partial charge in [0.1, 0.15) is 13.2 Å². The van der Waals surface area contributed by atoms with E-state index in [1.165, 1.54) is 5.56 Å². The van der Waals surface area contributed by atoms with E-state index in [2.05, 4.69) is 51.1 Å². The van der Waals surface area contributed by atoms with Crippen LogP contribution in [-0.2, 0) is 41.4 Å². The van der Waals surface area contributed by atoms with Gasteiger partial charge in [0.25, 0.3) is 0 Å². The van der Waals surface area contributed by atoms with Crippen LogP contribution in [0, 0.1) is 44.8 Å². The van der Waals surface area contributed by atoms with E-state index in [0.717, 1.165) is 44.1 Å². The van der Waals surface area contributed by atoms with Gasteiger partial charge in [0, 0.05) is 16.8 Å². The highest BCUT2D eigenvalue weighted by Crippen LogP contribution is 2.45. The summed E-state index contributed by atoms with van der Waals surface area (Å²) in [7, 11) is 0. The molecular weight excluding hydrogens is 636 g/mol. The van der Waals surface area contributed by atoms with E-state index in [1.54, 1.807) is 0 Å². The Morgan fingerprint density at radius 2 is 1.47 bits per heavy atom. The Balaban J connectivity index is -0.00000452. The number of carbonyl (C=O) groups is 3. The van der Waals surface area contributed by atoms with Crippen molar-refractivity contribution in [2.24, 2.45) is 33.5 Å². The molecule has 6 atom stereocenters. The highest BCUT2D eigenvalue weighted by atomic mass is 16.6. The number of rotatable bonds is 8. The summed E-state index contributed by atoms with van der Waals surface area (Å²) in [6.45, 7) is 22.1. The van der Waals surface area contributed by atoms with Gasteiger partial charge >= 0.3 is 17.9 Å². The Morgan fingerprint density at radius 1 is 0.941 bits per heavy atom. The smallest absolute Gasteiger partial charge is 0.312 e. The fraction of sp³-hybridized carbons (Fsp3) is 0.762. The van der Waals surface area contributed by atoms with Crippen LogP contribution in [0.4, 0.5) is 0 Å². The number of aryl methyl sites for hydroxylation is 2. The number of hydrogen-bond donors (Lipinski definition) is 0. The van der Waals surface area contributed by atoms with Crippen molar-refractivity contribution in [3.8, 4) is 6.07 Å². The lowest BCUT2D eigenvalue weighted by Gasteiger charge is -2.38. The maximum absolute atomic E-state index is 13.5. The van der Waals surface area contributed by atoms with E-state index in [9.17, 15) is 19.6 Å². The minimum atomic E-state index is -0.917. The van der Waals surface area contributed by atoms with E-state index in [-0.39, 0.29) is 61.2 Å². The SMILES string of the molecule is C.CC.CCCCOC(=O)C1(C)CCc2ccc(cc2)CCC(C(C)(C#N)CC)CC(C)C(C)(CC)C(=O)OCCOC(=O)C(C)(CC)C1.[B].[B]. The zero-order valence-corrected chi connectivity index (χ0v) is 33.4. The van der Waals surface area contributed by atoms with Crippen LogP contribution in [0.3, 0.4) is 0 Å². The number of nitriles is 1. The van der Waals surface area contributed by atoms with Crippen LogP contribution in [0.15, 0.2) is 24.3 Å². The summed E-state index contributed by atoms with van der Waals surface area (Å²) < 4.78 is 17.2. The molecule has 2 heterocycles. The highest BCUT2D eigenvalue weighted by Gasteiger charge is 2.46. The minimum absolute atomic E-state index is 0. The van der Waals surface area contributed by atoms with Crippen LogP contribution in [0.5, 0.6) is 0 Å². The Bertz CT molecular complexity index is 1200. The summed E-state index contributed by atoms with van der Waals surface area (Å²) in [5.41, 5.74) is -0.750. The molecule has 0 aliphatic carbocycles. The summed E-state index contributed by atoms with van der Waals surface area (Å²) in [5.74, 6) is -0.926. The monoisotopic (exact) mass is 708 g/mol. The Hall–Kier alpha value is -2.75. The number of fused-ring (bicyclic) bond motifs is 18. The van der Waals surface area contributed by atoms with Crippen LogP contribution in [-0.4, -0.2) is 54.6 Å². The van der Waals surface area contributed by atoms with Crippen LogP contribution in [0.2, 0.25) is 0 Å². The molecule has 0 saturated carbocycles. The van der Waals surface area contributed by atoms with Gasteiger partial charge < -0.3 is 14.2 Å². The van der Waals surface area contributed by atoms with Crippen molar-refractivity contribution in [2.45, 2.75) is 154 Å². The zero-order valence-electron chi connectivity index (χ0n) is 33.4. The number of esters is 3. The third kappa shape index (κ3) is 14.3. The number of hydrogen-bond acceptors (Lipinski definition) is 7. The Kier molecular flexibility index (Phi) is 25.3. The van der Waals surface area contributed by atoms with Crippen molar-refractivity contribution < 1.29 is 28.6 Å². The Labute approximate surface area is 316 Å². The Morgan fingerprint density at radius 3 is 1.94 bits per heavy atom. The van der Waals surface area contributed by atoms with Gasteiger partial charge in [0.05, 0.1) is 34.3 Å². The van der Waals surface area contributed by atoms with Gasteiger partial charge in [-0.25, -0.2) is 0 Å². The van der Waals surface area contributed by atoms with Crippen molar-refractivity contribution in [3.05, 3.63) is 35.4 Å². The van der Waals surface area contributed by atoms with E-state index in [1.807, 2.05) is 55.4 Å². The second-order valence-electron chi connectivity index (χ2n) is 14.8. The van der Waals surface area contributed by atoms with Crippen molar-refractivity contribution in [1.29, 1.82) is 5.26 Å². The fourth-order valence-corrected chi connectivity index (χ4v) is 6.73. The molecule has 0 fully saturated rings. The van der Waals surface area contributed by atoms with Crippen molar-refractivity contribution in [3.63, 3.8) is 0 Å². The summed E-state index contributed by atoms with van der Waals surface area (Å²) in [4.78, 5) is 40.6. The zero-order chi connectivity index (χ0) is 36.6. The molecule has 1 aromatic carbocycles. The molecule has 0 saturated heterocycles. The molecule has 2 bridgehead atoms. The van der Waals surface area contributed by atoms with Gasteiger partial charge in [0.2, 0.25) is 0 Å². The molecule has 6 unspecified atom stereocenters. The lowest BCUT2D eigenvalue weighted by Crippen LogP contribution is -2.41. The molecule has 9 heteroatoms. The molecule has 1 aromatic rings. The second kappa shape index (κ2) is 24.5. The summed E-state index contributed by atoms with van der Waals surface area (Å²) in [6.07, 6.45) is 7.42. The number of ether oxygens (including phenoxy) is 3. The molecule has 2 aliphatic heterocycles. The second-order valence-corrected chi connectivity index (χ2v) is 14.8. The largest absolute Gasteiger partial charge is 0.465 e. The fourth-order valence-electron chi connectivity index (χ4n) is 6.73. The topological polar surface area (TPSA) is 103 Å². The molecule has 0 aromatic heterocycles. The maximum Gasteiger partial charge on any atom is 0.312 e. The molecule has 3 rings (SSSR count). The van der Waals surface area contributed by atoms with E-state index >= 15 is 0 Å². The average Bonchev–Trinajstić information content (AvgIpc) is 3.10.